The van der Waals surface area contributed by atoms with Crippen molar-refractivity contribution in [1.82, 2.24) is 10.6 Å². The summed E-state index contributed by atoms with van der Waals surface area (Å²) in [5.74, 6) is 2.22. The lowest BCUT2D eigenvalue weighted by atomic mass is 9.95. The fourth-order valence-electron chi connectivity index (χ4n) is 3.40. The van der Waals surface area contributed by atoms with Crippen LogP contribution < -0.4 is 25.4 Å². The van der Waals surface area contributed by atoms with E-state index < -0.39 is 0 Å². The highest BCUT2D eigenvalue weighted by Gasteiger charge is 2.15. The van der Waals surface area contributed by atoms with Crippen LogP contribution in [0.5, 0.6) is 11.5 Å². The minimum Gasteiger partial charge on any atom is -0.490 e. The third-order valence-electron chi connectivity index (χ3n) is 4.85. The van der Waals surface area contributed by atoms with Gasteiger partial charge in [-0.25, -0.2) is 0 Å². The molecule has 1 aromatic rings. The molecular weight excluding hydrogens is 344 g/mol. The van der Waals surface area contributed by atoms with Gasteiger partial charge in [-0.3, -0.25) is 9.79 Å². The van der Waals surface area contributed by atoms with Crippen molar-refractivity contribution < 1.29 is 14.3 Å². The van der Waals surface area contributed by atoms with Crippen LogP contribution in [0, 0.1) is 0 Å². The fourth-order valence-corrected chi connectivity index (χ4v) is 3.40. The minimum atomic E-state index is 0.0976. The highest BCUT2D eigenvalue weighted by Crippen LogP contribution is 2.32. The van der Waals surface area contributed by atoms with Gasteiger partial charge in [-0.1, -0.05) is 19.3 Å². The van der Waals surface area contributed by atoms with Crippen LogP contribution in [0.2, 0.25) is 0 Å². The van der Waals surface area contributed by atoms with E-state index in [9.17, 15) is 4.79 Å². The Bertz CT molecular complexity index is 657. The quantitative estimate of drug-likeness (QED) is 0.545. The first-order chi connectivity index (χ1) is 13.2. The topological polar surface area (TPSA) is 84.0 Å². The SMILES string of the molecule is CN=C(NCCC(=O)NC1CCCCC1)Nc1ccc2c(c1)OCCCO2. The smallest absolute Gasteiger partial charge is 0.221 e. The number of anilines is 1. The third kappa shape index (κ3) is 6.05. The molecule has 1 heterocycles. The number of carbonyl (C=O) groups excluding carboxylic acids is 1. The van der Waals surface area contributed by atoms with Gasteiger partial charge in [-0.15, -0.1) is 0 Å². The van der Waals surface area contributed by atoms with Gasteiger partial charge in [0.1, 0.15) is 0 Å². The maximum absolute atomic E-state index is 12.1. The van der Waals surface area contributed by atoms with Crippen molar-refractivity contribution in [2.24, 2.45) is 4.99 Å². The molecule has 0 atom stereocenters. The molecule has 1 aliphatic heterocycles. The van der Waals surface area contributed by atoms with E-state index in [0.29, 0.717) is 38.2 Å². The normalized spacial score (nSPS) is 17.7. The van der Waals surface area contributed by atoms with Gasteiger partial charge in [0.05, 0.1) is 13.2 Å². The lowest BCUT2D eigenvalue weighted by Gasteiger charge is -2.22. The van der Waals surface area contributed by atoms with Crippen LogP contribution in [0.1, 0.15) is 44.9 Å². The van der Waals surface area contributed by atoms with Crippen molar-refractivity contribution >= 4 is 17.6 Å². The predicted molar refractivity (Wildman–Crippen MR) is 107 cm³/mol. The molecule has 1 saturated carbocycles. The number of benzene rings is 1. The summed E-state index contributed by atoms with van der Waals surface area (Å²) >= 11 is 0. The molecule has 0 spiro atoms. The van der Waals surface area contributed by atoms with E-state index in [2.05, 4.69) is 20.9 Å². The van der Waals surface area contributed by atoms with E-state index in [1.165, 1.54) is 19.3 Å². The molecule has 1 aromatic carbocycles. The number of amides is 1. The molecule has 3 rings (SSSR count). The third-order valence-corrected chi connectivity index (χ3v) is 4.85. The monoisotopic (exact) mass is 374 g/mol. The summed E-state index contributed by atoms with van der Waals surface area (Å²) < 4.78 is 11.4. The number of hydrogen-bond donors (Lipinski definition) is 3. The molecular formula is C20H30N4O3. The summed E-state index contributed by atoms with van der Waals surface area (Å²) in [5, 5.41) is 9.54. The molecule has 3 N–H and O–H groups in total. The molecule has 27 heavy (non-hydrogen) atoms. The van der Waals surface area contributed by atoms with Gasteiger partial charge >= 0.3 is 0 Å². The number of carbonyl (C=O) groups is 1. The van der Waals surface area contributed by atoms with Crippen molar-refractivity contribution in [1.29, 1.82) is 0 Å². The van der Waals surface area contributed by atoms with Crippen LogP contribution in [0.4, 0.5) is 5.69 Å². The van der Waals surface area contributed by atoms with Gasteiger partial charge in [0.2, 0.25) is 5.91 Å². The van der Waals surface area contributed by atoms with Crippen LogP contribution in [-0.4, -0.2) is 44.7 Å². The molecule has 0 saturated heterocycles. The van der Waals surface area contributed by atoms with Gasteiger partial charge in [0.15, 0.2) is 17.5 Å². The van der Waals surface area contributed by atoms with Gasteiger partial charge in [-0.2, -0.15) is 0 Å². The summed E-state index contributed by atoms with van der Waals surface area (Å²) in [6.07, 6.45) is 7.24. The van der Waals surface area contributed by atoms with E-state index in [4.69, 9.17) is 9.47 Å². The first-order valence-electron chi connectivity index (χ1n) is 9.91. The molecule has 1 amide bonds. The Labute approximate surface area is 160 Å². The summed E-state index contributed by atoms with van der Waals surface area (Å²) in [6, 6.07) is 6.08. The van der Waals surface area contributed by atoms with Crippen molar-refractivity contribution in [3.63, 3.8) is 0 Å². The second-order valence-electron chi connectivity index (χ2n) is 6.99. The van der Waals surface area contributed by atoms with Crippen molar-refractivity contribution in [3.05, 3.63) is 18.2 Å². The molecule has 0 aromatic heterocycles. The second-order valence-corrected chi connectivity index (χ2v) is 6.99. The largest absolute Gasteiger partial charge is 0.490 e. The number of rotatable bonds is 5. The van der Waals surface area contributed by atoms with Gasteiger partial charge < -0.3 is 25.4 Å². The summed E-state index contributed by atoms with van der Waals surface area (Å²) in [4.78, 5) is 16.3. The predicted octanol–water partition coefficient (Wildman–Crippen LogP) is 2.67. The number of nitrogens with one attached hydrogen (secondary N) is 3. The van der Waals surface area contributed by atoms with Crippen molar-refractivity contribution in [2.75, 3.05) is 32.1 Å². The average Bonchev–Trinajstić information content (AvgIpc) is 2.93. The van der Waals surface area contributed by atoms with Gasteiger partial charge in [0.25, 0.3) is 0 Å². The molecule has 1 fully saturated rings. The van der Waals surface area contributed by atoms with Gasteiger partial charge in [0, 0.05) is 44.2 Å². The first-order valence-corrected chi connectivity index (χ1v) is 9.91. The van der Waals surface area contributed by atoms with Crippen LogP contribution >= 0.6 is 0 Å². The number of nitrogens with zero attached hydrogens (tertiary/aromatic N) is 1. The molecule has 0 bridgehead atoms. The fraction of sp³-hybridized carbons (Fsp3) is 0.600. The lowest BCUT2D eigenvalue weighted by Crippen LogP contribution is -2.39. The lowest BCUT2D eigenvalue weighted by molar-refractivity contribution is -0.121. The zero-order valence-corrected chi connectivity index (χ0v) is 16.1. The van der Waals surface area contributed by atoms with Crippen molar-refractivity contribution in [2.45, 2.75) is 51.0 Å². The molecule has 7 nitrogen and oxygen atoms in total. The Balaban J connectivity index is 1.44. The highest BCUT2D eigenvalue weighted by molar-refractivity contribution is 5.94. The minimum absolute atomic E-state index is 0.0976. The molecule has 148 valence electrons. The summed E-state index contributed by atoms with van der Waals surface area (Å²) in [6.45, 7) is 1.86. The molecule has 1 aliphatic carbocycles. The van der Waals surface area contributed by atoms with E-state index in [-0.39, 0.29) is 5.91 Å². The number of aliphatic imine (C=N–C) groups is 1. The van der Waals surface area contributed by atoms with Crippen molar-refractivity contribution in [3.8, 4) is 11.5 Å². The Morgan fingerprint density at radius 1 is 1.11 bits per heavy atom. The first kappa shape index (κ1) is 19.3. The average molecular weight is 374 g/mol. The zero-order valence-electron chi connectivity index (χ0n) is 16.1. The number of guanidine groups is 1. The Kier molecular flexibility index (Phi) is 7.19. The maximum atomic E-state index is 12.1. The Morgan fingerprint density at radius 3 is 2.67 bits per heavy atom. The van der Waals surface area contributed by atoms with E-state index in [0.717, 1.165) is 36.4 Å². The maximum Gasteiger partial charge on any atom is 0.221 e. The number of ether oxygens (including phenoxy) is 2. The Hall–Kier alpha value is -2.44. The van der Waals surface area contributed by atoms with Crippen LogP contribution in [-0.2, 0) is 4.79 Å². The Morgan fingerprint density at radius 2 is 1.89 bits per heavy atom. The van der Waals surface area contributed by atoms with E-state index in [1.807, 2.05) is 18.2 Å². The molecule has 2 aliphatic rings. The number of fused-ring (bicyclic) bond motifs is 1. The number of hydrogen-bond acceptors (Lipinski definition) is 4. The van der Waals surface area contributed by atoms with Crippen LogP contribution in [0.15, 0.2) is 23.2 Å². The van der Waals surface area contributed by atoms with Crippen LogP contribution in [0.25, 0.3) is 0 Å². The summed E-state index contributed by atoms with van der Waals surface area (Å²) in [7, 11) is 1.71. The van der Waals surface area contributed by atoms with E-state index >= 15 is 0 Å². The van der Waals surface area contributed by atoms with Crippen LogP contribution in [0.3, 0.4) is 0 Å². The molecule has 7 heteroatoms. The molecule has 0 radical (unpaired) electrons. The van der Waals surface area contributed by atoms with E-state index in [1.54, 1.807) is 7.05 Å². The standard InChI is InChI=1S/C20H30N4O3/c1-21-20(22-11-10-19(25)23-15-6-3-2-4-7-15)24-16-8-9-17-18(14-16)27-13-5-12-26-17/h8-9,14-15H,2-7,10-13H2,1H3,(H,23,25)(H2,21,22,24). The summed E-state index contributed by atoms with van der Waals surface area (Å²) in [5.41, 5.74) is 0.860. The molecule has 0 unspecified atom stereocenters. The zero-order chi connectivity index (χ0) is 18.9. The second kappa shape index (κ2) is 10.0. The highest BCUT2D eigenvalue weighted by atomic mass is 16.5. The van der Waals surface area contributed by atoms with Gasteiger partial charge in [-0.05, 0) is 25.0 Å².